The van der Waals surface area contributed by atoms with Crippen molar-refractivity contribution in [1.29, 1.82) is 0 Å². The van der Waals surface area contributed by atoms with Crippen LogP contribution in [-0.4, -0.2) is 48.8 Å². The number of aromatic hydroxyl groups is 2. The van der Waals surface area contributed by atoms with Crippen LogP contribution in [0.1, 0.15) is 29.5 Å². The van der Waals surface area contributed by atoms with Gasteiger partial charge in [-0.1, -0.05) is 66.7 Å². The smallest absolute Gasteiger partial charge is 0.432 e. The lowest BCUT2D eigenvalue weighted by molar-refractivity contribution is -0.278. The molecule has 39 heavy (non-hydrogen) atoms. The number of hydrogen-bond donors (Lipinski definition) is 2. The summed E-state index contributed by atoms with van der Waals surface area (Å²) in [6, 6.07) is 19.5. The normalized spacial score (nSPS) is 15.0. The van der Waals surface area contributed by atoms with Gasteiger partial charge in [-0.25, -0.2) is 4.79 Å². The van der Waals surface area contributed by atoms with E-state index < -0.39 is 35.5 Å². The number of esters is 1. The monoisotopic (exact) mass is 544 g/mol. The van der Waals surface area contributed by atoms with E-state index in [-0.39, 0.29) is 24.3 Å². The molecule has 2 N–H and O–H groups in total. The Morgan fingerprint density at radius 1 is 0.897 bits per heavy atom. The number of aryl methyl sites for hydroxylation is 1. The molecule has 3 atom stereocenters. The molecular weight excluding hydrogens is 513 g/mol. The topological polar surface area (TPSA) is 85.2 Å². The summed E-state index contributed by atoms with van der Waals surface area (Å²) in [5.74, 6) is -1.38. The molecule has 0 spiro atoms. The molecule has 208 valence electrons. The fourth-order valence-corrected chi connectivity index (χ4v) is 4.15. The summed E-state index contributed by atoms with van der Waals surface area (Å²) in [4.78, 5) is 13.3. The molecule has 0 saturated heterocycles. The Bertz CT molecular complexity index is 1210. The molecule has 0 radical (unpaired) electrons. The van der Waals surface area contributed by atoms with Crippen molar-refractivity contribution in [2.45, 2.75) is 43.2 Å². The largest absolute Gasteiger partial charge is 0.508 e. The lowest BCUT2D eigenvalue weighted by Crippen LogP contribution is -2.52. The van der Waals surface area contributed by atoms with Gasteiger partial charge in [0.25, 0.3) is 5.60 Å². The zero-order valence-corrected chi connectivity index (χ0v) is 21.6. The SMILES string of the molecule is CO[C@H](/C=C/c1ccc(O)cc1)C[C@H](CCc1ccc(O)cc1)OC(=O)[C@@](OC)(c1ccccc1)C(F)(F)F. The molecule has 6 nitrogen and oxygen atoms in total. The van der Waals surface area contributed by atoms with Crippen LogP contribution in [0, 0.1) is 0 Å². The van der Waals surface area contributed by atoms with Crippen molar-refractivity contribution in [1.82, 2.24) is 0 Å². The second-order valence-corrected chi connectivity index (χ2v) is 8.94. The van der Waals surface area contributed by atoms with E-state index in [2.05, 4.69) is 0 Å². The summed E-state index contributed by atoms with van der Waals surface area (Å²) < 4.78 is 59.2. The van der Waals surface area contributed by atoms with Crippen LogP contribution >= 0.6 is 0 Å². The maximum atomic E-state index is 14.4. The van der Waals surface area contributed by atoms with Crippen LogP contribution < -0.4 is 0 Å². The third kappa shape index (κ3) is 7.61. The van der Waals surface area contributed by atoms with E-state index in [1.54, 1.807) is 36.4 Å². The summed E-state index contributed by atoms with van der Waals surface area (Å²) in [5, 5.41) is 19.0. The van der Waals surface area contributed by atoms with Gasteiger partial charge in [-0.05, 0) is 48.2 Å². The maximum absolute atomic E-state index is 14.4. The molecule has 0 aliphatic rings. The van der Waals surface area contributed by atoms with Crippen LogP contribution in [0.2, 0.25) is 0 Å². The first-order chi connectivity index (χ1) is 18.6. The maximum Gasteiger partial charge on any atom is 0.432 e. The Labute approximate surface area is 225 Å². The second-order valence-electron chi connectivity index (χ2n) is 8.94. The zero-order valence-electron chi connectivity index (χ0n) is 21.6. The highest BCUT2D eigenvalue weighted by Gasteiger charge is 2.64. The standard InChI is InChI=1S/C30H31F3O6/c1-37-26(18-12-21-8-14-24(34)15-9-21)20-27(19-13-22-10-16-25(35)17-11-22)39-28(36)29(38-2,30(31,32)33)23-6-4-3-5-7-23/h3-12,14-18,26-27,34-35H,13,19-20H2,1-2H3/b18-12+/t26-,27+,29+/m1/s1. The predicted octanol–water partition coefficient (Wildman–Crippen LogP) is 6.16. The average Bonchev–Trinajstić information content (AvgIpc) is 2.91. The molecule has 9 heteroatoms. The van der Waals surface area contributed by atoms with Gasteiger partial charge in [-0.3, -0.25) is 0 Å². The third-order valence-electron chi connectivity index (χ3n) is 6.33. The van der Waals surface area contributed by atoms with Crippen molar-refractivity contribution in [3.63, 3.8) is 0 Å². The number of ether oxygens (including phenoxy) is 3. The van der Waals surface area contributed by atoms with Crippen LogP contribution in [0.15, 0.2) is 84.9 Å². The minimum Gasteiger partial charge on any atom is -0.508 e. The van der Waals surface area contributed by atoms with Crippen molar-refractivity contribution in [3.05, 3.63) is 102 Å². The number of hydrogen-bond acceptors (Lipinski definition) is 6. The Hall–Kier alpha value is -3.82. The first-order valence-corrected chi connectivity index (χ1v) is 12.3. The fraction of sp³-hybridized carbons (Fsp3) is 0.300. The molecular formula is C30H31F3O6. The van der Waals surface area contributed by atoms with E-state index in [1.165, 1.54) is 61.7 Å². The lowest BCUT2D eigenvalue weighted by Gasteiger charge is -2.34. The van der Waals surface area contributed by atoms with Gasteiger partial charge in [0.1, 0.15) is 17.6 Å². The molecule has 3 aromatic rings. The van der Waals surface area contributed by atoms with E-state index in [0.717, 1.165) is 18.2 Å². The first kappa shape index (κ1) is 29.7. The Kier molecular flexibility index (Phi) is 10.1. The molecule has 3 rings (SSSR count). The number of carbonyl (C=O) groups excluding carboxylic acids is 1. The summed E-state index contributed by atoms with van der Waals surface area (Å²) in [6.45, 7) is 0. The number of alkyl halides is 3. The summed E-state index contributed by atoms with van der Waals surface area (Å²) in [6.07, 6.45) is -2.59. The molecule has 3 aromatic carbocycles. The van der Waals surface area contributed by atoms with Crippen molar-refractivity contribution < 1.29 is 42.4 Å². The van der Waals surface area contributed by atoms with E-state index in [9.17, 15) is 28.2 Å². The third-order valence-corrected chi connectivity index (χ3v) is 6.33. The van der Waals surface area contributed by atoms with Crippen molar-refractivity contribution in [2.75, 3.05) is 14.2 Å². The molecule has 0 unspecified atom stereocenters. The number of benzene rings is 3. The van der Waals surface area contributed by atoms with Crippen LogP contribution in [0.5, 0.6) is 11.5 Å². The number of rotatable bonds is 12. The van der Waals surface area contributed by atoms with E-state index in [4.69, 9.17) is 14.2 Å². The Balaban J connectivity index is 1.88. The fourth-order valence-electron chi connectivity index (χ4n) is 4.15. The summed E-state index contributed by atoms with van der Waals surface area (Å²) in [7, 11) is 2.27. The lowest BCUT2D eigenvalue weighted by atomic mass is 9.92. The summed E-state index contributed by atoms with van der Waals surface area (Å²) in [5.41, 5.74) is -2.13. The van der Waals surface area contributed by atoms with Crippen LogP contribution in [0.3, 0.4) is 0 Å². The van der Waals surface area contributed by atoms with Gasteiger partial charge in [0.05, 0.1) is 6.10 Å². The quantitative estimate of drug-likeness (QED) is 0.266. The highest BCUT2D eigenvalue weighted by Crippen LogP contribution is 2.43. The van der Waals surface area contributed by atoms with Crippen LogP contribution in [0.4, 0.5) is 13.2 Å². The number of carbonyl (C=O) groups is 1. The zero-order chi connectivity index (χ0) is 28.5. The van der Waals surface area contributed by atoms with E-state index >= 15 is 0 Å². The van der Waals surface area contributed by atoms with Crippen molar-refractivity contribution in [2.24, 2.45) is 0 Å². The predicted molar refractivity (Wildman–Crippen MR) is 140 cm³/mol. The second kappa shape index (κ2) is 13.3. The number of methoxy groups -OCH3 is 2. The number of phenolic OH excluding ortho intramolecular Hbond substituents is 2. The number of halogens is 3. The van der Waals surface area contributed by atoms with Crippen molar-refractivity contribution >= 4 is 12.0 Å². The van der Waals surface area contributed by atoms with Crippen LogP contribution in [-0.2, 0) is 31.0 Å². The van der Waals surface area contributed by atoms with Gasteiger partial charge >= 0.3 is 12.1 Å². The first-order valence-electron chi connectivity index (χ1n) is 12.3. The molecule has 0 bridgehead atoms. The molecule has 0 amide bonds. The van der Waals surface area contributed by atoms with Crippen molar-refractivity contribution in [3.8, 4) is 11.5 Å². The van der Waals surface area contributed by atoms with Gasteiger partial charge in [-0.2, -0.15) is 13.2 Å². The molecule has 0 aliphatic carbocycles. The van der Waals surface area contributed by atoms with Gasteiger partial charge in [0.2, 0.25) is 0 Å². The number of phenols is 2. The molecule has 0 aromatic heterocycles. The molecule has 0 aliphatic heterocycles. The Morgan fingerprint density at radius 2 is 1.49 bits per heavy atom. The molecule has 0 fully saturated rings. The van der Waals surface area contributed by atoms with E-state index in [1.807, 2.05) is 0 Å². The van der Waals surface area contributed by atoms with Gasteiger partial charge < -0.3 is 24.4 Å². The Morgan fingerprint density at radius 3 is 2.03 bits per heavy atom. The summed E-state index contributed by atoms with van der Waals surface area (Å²) >= 11 is 0. The molecule has 0 heterocycles. The average molecular weight is 545 g/mol. The minimum atomic E-state index is -5.10. The molecule has 0 saturated carbocycles. The highest BCUT2D eigenvalue weighted by molar-refractivity contribution is 5.82. The van der Waals surface area contributed by atoms with Gasteiger partial charge in [0, 0.05) is 26.2 Å². The van der Waals surface area contributed by atoms with Gasteiger partial charge in [0.15, 0.2) is 0 Å². The van der Waals surface area contributed by atoms with Crippen LogP contribution in [0.25, 0.3) is 6.08 Å². The highest BCUT2D eigenvalue weighted by atomic mass is 19.4. The van der Waals surface area contributed by atoms with Gasteiger partial charge in [-0.15, -0.1) is 0 Å². The minimum absolute atomic E-state index is 0.0708. The van der Waals surface area contributed by atoms with E-state index in [0.29, 0.717) is 6.42 Å².